The molecule has 1 fully saturated rings. The topological polar surface area (TPSA) is 21.3 Å². The Bertz CT molecular complexity index is 198. The van der Waals surface area contributed by atoms with Gasteiger partial charge in [-0.1, -0.05) is 25.5 Å². The van der Waals surface area contributed by atoms with Gasteiger partial charge < -0.3 is 10.1 Å². The summed E-state index contributed by atoms with van der Waals surface area (Å²) in [6, 6.07) is 0. The Hall–Kier alpha value is -0.340. The molecule has 14 heavy (non-hydrogen) atoms. The summed E-state index contributed by atoms with van der Waals surface area (Å²) in [6.07, 6.45) is 5.49. The van der Waals surface area contributed by atoms with Crippen LogP contribution in [-0.2, 0) is 4.74 Å². The van der Waals surface area contributed by atoms with E-state index >= 15 is 0 Å². The van der Waals surface area contributed by atoms with E-state index in [1.165, 1.54) is 18.4 Å². The number of ether oxygens (including phenoxy) is 1. The van der Waals surface area contributed by atoms with Gasteiger partial charge in [-0.25, -0.2) is 0 Å². The first-order chi connectivity index (χ1) is 6.63. The van der Waals surface area contributed by atoms with Crippen LogP contribution in [0.4, 0.5) is 0 Å². The third-order valence-corrected chi connectivity index (χ3v) is 2.79. The first kappa shape index (κ1) is 11.7. The molecule has 2 nitrogen and oxygen atoms in total. The van der Waals surface area contributed by atoms with Gasteiger partial charge in [-0.3, -0.25) is 0 Å². The van der Waals surface area contributed by atoms with Crippen molar-refractivity contribution in [3.63, 3.8) is 0 Å². The van der Waals surface area contributed by atoms with Crippen molar-refractivity contribution in [3.05, 3.63) is 11.6 Å². The van der Waals surface area contributed by atoms with Crippen LogP contribution in [-0.4, -0.2) is 25.8 Å². The smallest absolute Gasteiger partial charge is 0.0763 e. The first-order valence-electron chi connectivity index (χ1n) is 5.64. The average Bonchev–Trinajstić information content (AvgIpc) is 2.50. The quantitative estimate of drug-likeness (QED) is 0.699. The van der Waals surface area contributed by atoms with Crippen LogP contribution in [0.25, 0.3) is 0 Å². The van der Waals surface area contributed by atoms with Gasteiger partial charge in [0, 0.05) is 6.54 Å². The van der Waals surface area contributed by atoms with Gasteiger partial charge in [0.05, 0.1) is 12.2 Å². The maximum Gasteiger partial charge on any atom is 0.0763 e. The lowest BCUT2D eigenvalue weighted by Crippen LogP contribution is -2.16. The molecule has 1 heterocycles. The summed E-state index contributed by atoms with van der Waals surface area (Å²) in [5.41, 5.74) is 1.46. The largest absolute Gasteiger partial charge is 0.371 e. The molecule has 2 unspecified atom stereocenters. The van der Waals surface area contributed by atoms with Crippen LogP contribution < -0.4 is 5.32 Å². The van der Waals surface area contributed by atoms with Crippen LogP contribution in [0.15, 0.2) is 11.6 Å². The van der Waals surface area contributed by atoms with E-state index in [1.807, 2.05) is 7.05 Å². The van der Waals surface area contributed by atoms with E-state index in [1.54, 1.807) is 0 Å². The molecule has 0 spiro atoms. The SMILES string of the molecule is CNCC(=CC1CCC(C)O1)C(C)C. The maximum atomic E-state index is 5.78. The summed E-state index contributed by atoms with van der Waals surface area (Å²) in [5.74, 6) is 0.613. The lowest BCUT2D eigenvalue weighted by molar-refractivity contribution is 0.0825. The van der Waals surface area contributed by atoms with Crippen LogP contribution >= 0.6 is 0 Å². The Kier molecular flexibility index (Phi) is 4.63. The van der Waals surface area contributed by atoms with E-state index < -0.39 is 0 Å². The molecule has 82 valence electrons. The number of hydrogen-bond acceptors (Lipinski definition) is 2. The summed E-state index contributed by atoms with van der Waals surface area (Å²) in [4.78, 5) is 0. The lowest BCUT2D eigenvalue weighted by atomic mass is 10.0. The molecular weight excluding hydrogens is 174 g/mol. The molecule has 1 aliphatic heterocycles. The van der Waals surface area contributed by atoms with Crippen LogP contribution in [0.1, 0.15) is 33.6 Å². The van der Waals surface area contributed by atoms with E-state index in [0.717, 1.165) is 6.54 Å². The average molecular weight is 197 g/mol. The van der Waals surface area contributed by atoms with Crippen molar-refractivity contribution in [2.24, 2.45) is 5.92 Å². The van der Waals surface area contributed by atoms with E-state index in [-0.39, 0.29) is 0 Å². The summed E-state index contributed by atoms with van der Waals surface area (Å²) in [5, 5.41) is 3.21. The second kappa shape index (κ2) is 5.52. The fourth-order valence-corrected chi connectivity index (χ4v) is 1.85. The predicted octanol–water partition coefficient (Wildman–Crippen LogP) is 2.36. The Morgan fingerprint density at radius 1 is 1.50 bits per heavy atom. The zero-order valence-corrected chi connectivity index (χ0v) is 9.84. The van der Waals surface area contributed by atoms with Crippen molar-refractivity contribution >= 4 is 0 Å². The molecule has 0 aliphatic carbocycles. The summed E-state index contributed by atoms with van der Waals surface area (Å²) >= 11 is 0. The zero-order valence-electron chi connectivity index (χ0n) is 9.84. The molecule has 2 atom stereocenters. The summed E-state index contributed by atoms with van der Waals surface area (Å²) in [6.45, 7) is 7.61. The van der Waals surface area contributed by atoms with Gasteiger partial charge in [0.15, 0.2) is 0 Å². The van der Waals surface area contributed by atoms with Gasteiger partial charge in [-0.15, -0.1) is 0 Å². The third-order valence-electron chi connectivity index (χ3n) is 2.79. The van der Waals surface area contributed by atoms with Gasteiger partial charge in [-0.2, -0.15) is 0 Å². The minimum Gasteiger partial charge on any atom is -0.371 e. The van der Waals surface area contributed by atoms with Gasteiger partial charge in [0.25, 0.3) is 0 Å². The van der Waals surface area contributed by atoms with Crippen molar-refractivity contribution in [2.75, 3.05) is 13.6 Å². The molecule has 1 N–H and O–H groups in total. The van der Waals surface area contributed by atoms with E-state index in [4.69, 9.17) is 4.74 Å². The molecule has 0 amide bonds. The Morgan fingerprint density at radius 3 is 2.64 bits per heavy atom. The van der Waals surface area contributed by atoms with Crippen molar-refractivity contribution in [3.8, 4) is 0 Å². The summed E-state index contributed by atoms with van der Waals surface area (Å²) in [7, 11) is 1.99. The predicted molar refractivity (Wildman–Crippen MR) is 60.4 cm³/mol. The molecule has 0 aromatic carbocycles. The van der Waals surface area contributed by atoms with E-state index in [9.17, 15) is 0 Å². The van der Waals surface area contributed by atoms with Gasteiger partial charge >= 0.3 is 0 Å². The molecule has 0 saturated carbocycles. The highest BCUT2D eigenvalue weighted by molar-refractivity contribution is 5.10. The molecule has 2 heteroatoms. The Labute approximate surface area is 87.7 Å². The normalized spacial score (nSPS) is 28.8. The van der Waals surface area contributed by atoms with Gasteiger partial charge in [0.1, 0.15) is 0 Å². The molecule has 0 aromatic heterocycles. The summed E-state index contributed by atoms with van der Waals surface area (Å²) < 4.78 is 5.78. The van der Waals surface area contributed by atoms with Crippen LogP contribution in [0.3, 0.4) is 0 Å². The molecular formula is C12H23NO. The molecule has 0 radical (unpaired) electrons. The fourth-order valence-electron chi connectivity index (χ4n) is 1.85. The second-order valence-electron chi connectivity index (χ2n) is 4.49. The fraction of sp³-hybridized carbons (Fsp3) is 0.833. The van der Waals surface area contributed by atoms with E-state index in [0.29, 0.717) is 18.1 Å². The van der Waals surface area contributed by atoms with Crippen LogP contribution in [0, 0.1) is 5.92 Å². The standard InChI is InChI=1S/C12H23NO/c1-9(2)11(8-13-4)7-12-6-5-10(3)14-12/h7,9-10,12-13H,5-6,8H2,1-4H3. The zero-order chi connectivity index (χ0) is 10.6. The van der Waals surface area contributed by atoms with Crippen LogP contribution in [0.2, 0.25) is 0 Å². The first-order valence-corrected chi connectivity index (χ1v) is 5.64. The third kappa shape index (κ3) is 3.43. The van der Waals surface area contributed by atoms with Crippen molar-refractivity contribution in [2.45, 2.75) is 45.8 Å². The van der Waals surface area contributed by atoms with Gasteiger partial charge in [0.2, 0.25) is 0 Å². The highest BCUT2D eigenvalue weighted by atomic mass is 16.5. The van der Waals surface area contributed by atoms with Crippen molar-refractivity contribution in [1.29, 1.82) is 0 Å². The van der Waals surface area contributed by atoms with E-state index in [2.05, 4.69) is 32.2 Å². The highest BCUT2D eigenvalue weighted by Crippen LogP contribution is 2.22. The highest BCUT2D eigenvalue weighted by Gasteiger charge is 2.20. The van der Waals surface area contributed by atoms with Gasteiger partial charge in [-0.05, 0) is 32.7 Å². The monoisotopic (exact) mass is 197 g/mol. The lowest BCUT2D eigenvalue weighted by Gasteiger charge is -2.14. The Morgan fingerprint density at radius 2 is 2.21 bits per heavy atom. The molecule has 1 rings (SSSR count). The minimum absolute atomic E-state index is 0.357. The number of likely N-dealkylation sites (N-methyl/N-ethyl adjacent to an activating group) is 1. The molecule has 1 aliphatic rings. The van der Waals surface area contributed by atoms with Crippen molar-refractivity contribution < 1.29 is 4.74 Å². The number of hydrogen-bond donors (Lipinski definition) is 1. The number of nitrogens with one attached hydrogen (secondary N) is 1. The van der Waals surface area contributed by atoms with Crippen LogP contribution in [0.5, 0.6) is 0 Å². The number of rotatable bonds is 4. The molecule has 1 saturated heterocycles. The Balaban J connectivity index is 2.53. The minimum atomic E-state index is 0.357. The molecule has 0 aromatic rings. The molecule has 0 bridgehead atoms. The second-order valence-corrected chi connectivity index (χ2v) is 4.49. The maximum absolute atomic E-state index is 5.78. The van der Waals surface area contributed by atoms with Crippen molar-refractivity contribution in [1.82, 2.24) is 5.32 Å².